The minimum Gasteiger partial charge on any atom is -0.612 e. The lowest BCUT2D eigenvalue weighted by atomic mass is 9.99. The number of nitrogens with zero attached hydrogens (tertiary/aromatic N) is 2. The van der Waals surface area contributed by atoms with Crippen LogP contribution in [0, 0.1) is 0 Å². The molecule has 0 spiro atoms. The summed E-state index contributed by atoms with van der Waals surface area (Å²) < 4.78 is 50.5. The number of benzene rings is 2. The van der Waals surface area contributed by atoms with Gasteiger partial charge in [0.05, 0.1) is 16.3 Å². The normalized spacial score (nSPS) is 15.6. The zero-order chi connectivity index (χ0) is 19.8. The maximum absolute atomic E-state index is 12.9. The monoisotopic (exact) mass is 451 g/mol. The molecule has 2 aromatic carbocycles. The largest absolute Gasteiger partial charge is 0.612 e. The van der Waals surface area contributed by atoms with Crippen molar-refractivity contribution in [1.82, 2.24) is 0 Å². The first kappa shape index (κ1) is 22.7. The number of aryl methyl sites for hydroxylation is 1. The third-order valence-corrected chi connectivity index (χ3v) is 5.52. The fourth-order valence-corrected chi connectivity index (χ4v) is 3.65. The molecule has 0 aliphatic carbocycles. The second-order valence-electron chi connectivity index (χ2n) is 6.13. The number of aliphatic imine (C=N–C) groups is 1. The third-order valence-electron chi connectivity index (χ3n) is 4.29. The maximum atomic E-state index is 12.9. The summed E-state index contributed by atoms with van der Waals surface area (Å²) in [6.07, 6.45) is -1.66. The second kappa shape index (κ2) is 8.82. The van der Waals surface area contributed by atoms with Crippen molar-refractivity contribution in [2.45, 2.75) is 23.9 Å². The van der Waals surface area contributed by atoms with Gasteiger partial charge in [-0.05, 0) is 59.9 Å². The molecule has 0 amide bonds. The van der Waals surface area contributed by atoms with Crippen molar-refractivity contribution in [1.29, 1.82) is 0 Å². The molecule has 2 aromatic rings. The molecule has 1 heterocycles. The number of hydrogen-bond donors (Lipinski definition) is 1. The van der Waals surface area contributed by atoms with E-state index in [4.69, 9.17) is 17.3 Å². The van der Waals surface area contributed by atoms with Crippen LogP contribution in [-0.4, -0.2) is 23.3 Å². The van der Waals surface area contributed by atoms with Crippen molar-refractivity contribution in [3.8, 4) is 0 Å². The molecule has 0 saturated carbocycles. The highest BCUT2D eigenvalue weighted by atomic mass is 35.5. The van der Waals surface area contributed by atoms with Gasteiger partial charge in [-0.15, -0.1) is 12.4 Å². The highest BCUT2D eigenvalue weighted by Crippen LogP contribution is 2.35. The van der Waals surface area contributed by atoms with Crippen LogP contribution < -0.4 is 10.6 Å². The molecule has 0 fully saturated rings. The topological polar surface area (TPSA) is 64.7 Å². The highest BCUT2D eigenvalue weighted by Gasteiger charge is 2.32. The smallest absolute Gasteiger partial charge is 0.416 e. The molecule has 0 aromatic heterocycles. The van der Waals surface area contributed by atoms with Crippen LogP contribution in [0.5, 0.6) is 0 Å². The van der Waals surface area contributed by atoms with E-state index in [0.717, 1.165) is 12.1 Å². The Morgan fingerprint density at radius 3 is 2.61 bits per heavy atom. The fourth-order valence-electron chi connectivity index (χ4n) is 2.95. The molecule has 1 atom stereocenters. The van der Waals surface area contributed by atoms with Crippen LogP contribution in [0.4, 0.5) is 24.5 Å². The van der Waals surface area contributed by atoms with Gasteiger partial charge in [-0.25, -0.2) is 4.99 Å². The second-order valence-corrected chi connectivity index (χ2v) is 7.92. The minimum absolute atomic E-state index is 0. The molecule has 3 rings (SSSR count). The number of rotatable bonds is 2. The standard InChI is InChI=1S/C18H17ClF3N3OS.ClH/c1-27(26)13-5-6-14(19)15(10-13)24-17(23)25-8-2-3-11-9-12(18(20,21)22)4-7-16(11)25;/h4-7,9-10H,2-3,8H2,1H3,(H2,23,24);1H. The highest BCUT2D eigenvalue weighted by molar-refractivity contribution is 7.90. The lowest BCUT2D eigenvalue weighted by molar-refractivity contribution is -0.137. The Hall–Kier alpha value is -1.61. The van der Waals surface area contributed by atoms with E-state index in [1.54, 1.807) is 29.4 Å². The van der Waals surface area contributed by atoms with Gasteiger partial charge in [0, 0.05) is 18.3 Å². The summed E-state index contributed by atoms with van der Waals surface area (Å²) in [5.74, 6) is 0.122. The van der Waals surface area contributed by atoms with E-state index < -0.39 is 22.9 Å². The average molecular weight is 452 g/mol. The predicted molar refractivity (Wildman–Crippen MR) is 109 cm³/mol. The zero-order valence-electron chi connectivity index (χ0n) is 14.8. The number of guanidine groups is 1. The lowest BCUT2D eigenvalue weighted by Crippen LogP contribution is -2.40. The number of fused-ring (bicyclic) bond motifs is 1. The van der Waals surface area contributed by atoms with Crippen LogP contribution >= 0.6 is 24.0 Å². The van der Waals surface area contributed by atoms with Crippen molar-refractivity contribution in [2.75, 3.05) is 17.7 Å². The van der Waals surface area contributed by atoms with Gasteiger partial charge >= 0.3 is 6.18 Å². The van der Waals surface area contributed by atoms with Crippen molar-refractivity contribution in [3.63, 3.8) is 0 Å². The van der Waals surface area contributed by atoms with E-state index in [1.165, 1.54) is 6.07 Å². The van der Waals surface area contributed by atoms with Gasteiger partial charge in [0.15, 0.2) is 4.90 Å². The van der Waals surface area contributed by atoms with Gasteiger partial charge in [-0.1, -0.05) is 11.6 Å². The number of nitrogens with two attached hydrogens (primary N) is 1. The molecule has 0 radical (unpaired) electrons. The number of hydrogen-bond acceptors (Lipinski definition) is 2. The number of anilines is 1. The first-order valence-corrected chi connectivity index (χ1v) is 10.0. The summed E-state index contributed by atoms with van der Waals surface area (Å²) in [6, 6.07) is 8.43. The van der Waals surface area contributed by atoms with E-state index in [2.05, 4.69) is 4.99 Å². The van der Waals surface area contributed by atoms with Gasteiger partial charge in [-0.3, -0.25) is 0 Å². The SMILES string of the molecule is C[S+]([O-])c1ccc(Cl)c(N=C(N)N2CCCc3cc(C(F)(F)F)ccc32)c1.Cl. The maximum Gasteiger partial charge on any atom is 0.416 e. The van der Waals surface area contributed by atoms with Gasteiger partial charge in [0.1, 0.15) is 6.26 Å². The quantitative estimate of drug-likeness (QED) is 0.400. The summed E-state index contributed by atoms with van der Waals surface area (Å²) in [5, 5.41) is 0.344. The van der Waals surface area contributed by atoms with E-state index in [0.29, 0.717) is 46.2 Å². The Balaban J connectivity index is 0.00000280. The summed E-state index contributed by atoms with van der Waals surface area (Å²) in [5.41, 5.74) is 6.99. The van der Waals surface area contributed by atoms with Crippen molar-refractivity contribution in [3.05, 3.63) is 52.5 Å². The van der Waals surface area contributed by atoms with E-state index >= 15 is 0 Å². The molecule has 0 saturated heterocycles. The molecule has 1 aliphatic heterocycles. The van der Waals surface area contributed by atoms with Crippen LogP contribution in [0.15, 0.2) is 46.3 Å². The summed E-state index contributed by atoms with van der Waals surface area (Å²) >= 11 is 4.95. The molecular formula is C18H18Cl2F3N3OS. The Kier molecular flexibility index (Phi) is 7.14. The number of halogens is 5. The molecule has 2 N–H and O–H groups in total. The lowest BCUT2D eigenvalue weighted by Gasteiger charge is -2.30. The summed E-state index contributed by atoms with van der Waals surface area (Å²) in [7, 11) is 0. The van der Waals surface area contributed by atoms with Crippen LogP contribution in [0.3, 0.4) is 0 Å². The molecular weight excluding hydrogens is 434 g/mol. The average Bonchev–Trinajstić information content (AvgIpc) is 2.61. The Morgan fingerprint density at radius 1 is 1.25 bits per heavy atom. The minimum atomic E-state index is -4.39. The Morgan fingerprint density at radius 2 is 1.96 bits per heavy atom. The van der Waals surface area contributed by atoms with Crippen molar-refractivity contribution < 1.29 is 17.7 Å². The zero-order valence-corrected chi connectivity index (χ0v) is 17.2. The predicted octanol–water partition coefficient (Wildman–Crippen LogP) is 4.92. The number of alkyl halides is 3. The Labute approximate surface area is 175 Å². The molecule has 1 unspecified atom stereocenters. The Bertz CT molecular complexity index is 891. The van der Waals surface area contributed by atoms with E-state index in [-0.39, 0.29) is 18.4 Å². The van der Waals surface area contributed by atoms with Crippen LogP contribution in [0.1, 0.15) is 17.5 Å². The van der Waals surface area contributed by atoms with Gasteiger partial charge in [0.2, 0.25) is 5.96 Å². The molecule has 10 heteroatoms. The van der Waals surface area contributed by atoms with Crippen molar-refractivity contribution in [2.24, 2.45) is 10.7 Å². The van der Waals surface area contributed by atoms with E-state index in [1.807, 2.05) is 0 Å². The molecule has 0 bridgehead atoms. The first-order chi connectivity index (χ1) is 12.7. The van der Waals surface area contributed by atoms with Crippen LogP contribution in [0.25, 0.3) is 0 Å². The van der Waals surface area contributed by atoms with E-state index in [9.17, 15) is 17.7 Å². The first-order valence-electron chi connectivity index (χ1n) is 8.11. The van der Waals surface area contributed by atoms with Gasteiger partial charge < -0.3 is 15.2 Å². The fraction of sp³-hybridized carbons (Fsp3) is 0.278. The van der Waals surface area contributed by atoms with Gasteiger partial charge in [-0.2, -0.15) is 13.2 Å². The molecule has 1 aliphatic rings. The molecule has 152 valence electrons. The third kappa shape index (κ3) is 4.86. The van der Waals surface area contributed by atoms with Gasteiger partial charge in [0.25, 0.3) is 0 Å². The molecule has 4 nitrogen and oxygen atoms in total. The van der Waals surface area contributed by atoms with Crippen LogP contribution in [0.2, 0.25) is 5.02 Å². The molecule has 28 heavy (non-hydrogen) atoms. The van der Waals surface area contributed by atoms with Crippen LogP contribution in [-0.2, 0) is 23.8 Å². The summed E-state index contributed by atoms with van der Waals surface area (Å²) in [4.78, 5) is 6.55. The van der Waals surface area contributed by atoms with Crippen molar-refractivity contribution >= 4 is 52.5 Å². The summed E-state index contributed by atoms with van der Waals surface area (Å²) in [6.45, 7) is 0.532.